The van der Waals surface area contributed by atoms with Crippen molar-refractivity contribution in [1.82, 2.24) is 9.97 Å². The highest BCUT2D eigenvalue weighted by Crippen LogP contribution is 2.39. The van der Waals surface area contributed by atoms with Crippen molar-refractivity contribution < 1.29 is 23.0 Å². The molecule has 0 aliphatic carbocycles. The fourth-order valence-corrected chi connectivity index (χ4v) is 4.57. The summed E-state index contributed by atoms with van der Waals surface area (Å²) in [5.41, 5.74) is 11.4. The number of aromatic nitrogens is 2. The highest BCUT2D eigenvalue weighted by atomic mass is 19.1. The second kappa shape index (κ2) is 15.2. The number of rotatable bonds is 9. The van der Waals surface area contributed by atoms with Crippen LogP contribution in [0.4, 0.5) is 20.2 Å². The summed E-state index contributed by atoms with van der Waals surface area (Å²) >= 11 is 0. The molecule has 0 atom stereocenters. The van der Waals surface area contributed by atoms with Gasteiger partial charge >= 0.3 is 0 Å². The van der Waals surface area contributed by atoms with Gasteiger partial charge in [0.25, 0.3) is 0 Å². The van der Waals surface area contributed by atoms with E-state index < -0.39 is 0 Å². The lowest BCUT2D eigenvalue weighted by atomic mass is 9.94. The molecule has 4 rings (SSSR count). The van der Waals surface area contributed by atoms with E-state index in [0.717, 1.165) is 11.1 Å². The molecule has 7 nitrogen and oxygen atoms in total. The van der Waals surface area contributed by atoms with Crippen LogP contribution in [-0.2, 0) is 4.79 Å². The molecule has 2 aromatic heterocycles. The smallest absolute Gasteiger partial charge is 0.240 e. The van der Waals surface area contributed by atoms with Crippen LogP contribution in [0.2, 0.25) is 0 Å². The number of nitrogens with two attached hydrogens (primary N) is 1. The minimum Gasteiger partial charge on any atom is -0.475 e. The van der Waals surface area contributed by atoms with E-state index in [4.69, 9.17) is 15.2 Å². The minimum absolute atomic E-state index is 0.0183. The highest BCUT2D eigenvalue weighted by Gasteiger charge is 2.17. The van der Waals surface area contributed by atoms with E-state index >= 15 is 0 Å². The van der Waals surface area contributed by atoms with Crippen LogP contribution >= 0.6 is 0 Å². The van der Waals surface area contributed by atoms with Crippen molar-refractivity contribution in [1.29, 1.82) is 0 Å². The number of benzene rings is 2. The summed E-state index contributed by atoms with van der Waals surface area (Å²) < 4.78 is 39.0. The Kier molecular flexibility index (Phi) is 11.7. The van der Waals surface area contributed by atoms with E-state index in [1.165, 1.54) is 24.3 Å². The Hall–Kier alpha value is -4.62. The molecule has 0 unspecified atom stereocenters. The predicted octanol–water partition coefficient (Wildman–Crippen LogP) is 9.15. The van der Waals surface area contributed by atoms with E-state index in [9.17, 15) is 13.6 Å². The van der Waals surface area contributed by atoms with E-state index in [1.807, 2.05) is 61.5 Å². The van der Waals surface area contributed by atoms with Gasteiger partial charge in [-0.2, -0.15) is 4.99 Å². The number of ether oxygens (including phenoxy) is 2. The molecule has 0 saturated heterocycles. The molecule has 2 heterocycles. The molecule has 0 amide bonds. The number of hydrogen-bond acceptors (Lipinski definition) is 7. The molecule has 0 aliphatic heterocycles. The van der Waals surface area contributed by atoms with E-state index in [1.54, 1.807) is 36.7 Å². The summed E-state index contributed by atoms with van der Waals surface area (Å²) in [7, 11) is 0. The number of aliphatic imine (C=N–C) groups is 1. The lowest BCUT2D eigenvalue weighted by Crippen LogP contribution is -2.07. The number of isocyanates is 1. The number of nitrogens with zero attached hydrogens (tertiary/aromatic N) is 3. The molecule has 0 radical (unpaired) electrons. The number of pyridine rings is 2. The van der Waals surface area contributed by atoms with Gasteiger partial charge in [0.15, 0.2) is 0 Å². The van der Waals surface area contributed by atoms with Gasteiger partial charge in [0.1, 0.15) is 11.6 Å². The fraction of sp³-hybridized carbons (Fsp3) is 0.343. The van der Waals surface area contributed by atoms with E-state index in [0.29, 0.717) is 45.4 Å². The monoisotopic (exact) mass is 602 g/mol. The number of halogens is 2. The Labute approximate surface area is 258 Å². The molecule has 9 heteroatoms. The summed E-state index contributed by atoms with van der Waals surface area (Å²) in [6, 6.07) is 12.7. The van der Waals surface area contributed by atoms with Crippen LogP contribution in [0.15, 0.2) is 65.9 Å². The molecule has 2 N–H and O–H groups in total. The highest BCUT2D eigenvalue weighted by molar-refractivity contribution is 5.81. The van der Waals surface area contributed by atoms with Gasteiger partial charge in [-0.25, -0.2) is 23.5 Å². The van der Waals surface area contributed by atoms with Crippen LogP contribution in [0.3, 0.4) is 0 Å². The van der Waals surface area contributed by atoms with E-state index in [2.05, 4.69) is 15.0 Å². The lowest BCUT2D eigenvalue weighted by molar-refractivity contribution is 0.232. The second-order valence-corrected chi connectivity index (χ2v) is 11.5. The largest absolute Gasteiger partial charge is 0.475 e. The zero-order valence-electron chi connectivity index (χ0n) is 26.5. The standard InChI is InChI=1S/C18H19FN2O2.C17H21FN2O/c1-11(2)15-8-14(19)9-16(18(15)21-10-22)13-5-6-20-17(7-13)23-12(3)4;1-10(2)14-8-13(18)9-15(17(14)19)12-5-6-20-16(7-12)21-11(3)4/h5-9,11-12H,1-4H3;5-11H,19H2,1-4H3. The molecular formula is C35H40F2N4O3. The van der Waals surface area contributed by atoms with Crippen LogP contribution in [0.1, 0.15) is 78.4 Å². The summed E-state index contributed by atoms with van der Waals surface area (Å²) in [4.78, 5) is 22.9. The average Bonchev–Trinajstić information content (AvgIpc) is 2.94. The van der Waals surface area contributed by atoms with Crippen molar-refractivity contribution in [3.63, 3.8) is 0 Å². The number of hydrogen-bond donors (Lipinski definition) is 1. The molecule has 0 fully saturated rings. The third-order valence-corrected chi connectivity index (χ3v) is 6.49. The molecule has 0 bridgehead atoms. The molecule has 4 aromatic rings. The van der Waals surface area contributed by atoms with Crippen LogP contribution in [0.25, 0.3) is 22.3 Å². The van der Waals surface area contributed by atoms with Crippen molar-refractivity contribution in [2.24, 2.45) is 4.99 Å². The molecule has 0 spiro atoms. The third-order valence-electron chi connectivity index (χ3n) is 6.49. The van der Waals surface area contributed by atoms with Gasteiger partial charge < -0.3 is 15.2 Å². The zero-order valence-corrected chi connectivity index (χ0v) is 26.5. The Morgan fingerprint density at radius 3 is 1.61 bits per heavy atom. The first-order valence-electron chi connectivity index (χ1n) is 14.6. The van der Waals surface area contributed by atoms with Gasteiger partial charge in [0.05, 0.1) is 17.9 Å². The topological polar surface area (TPSA) is 99.7 Å². The van der Waals surface area contributed by atoms with Crippen LogP contribution in [0, 0.1) is 11.6 Å². The Balaban J connectivity index is 0.000000241. The van der Waals surface area contributed by atoms with Crippen LogP contribution in [0.5, 0.6) is 11.8 Å². The van der Waals surface area contributed by atoms with Gasteiger partial charge in [-0.05, 0) is 98.2 Å². The molecule has 0 aliphatic rings. The number of anilines is 1. The van der Waals surface area contributed by atoms with Gasteiger partial charge in [-0.15, -0.1) is 0 Å². The summed E-state index contributed by atoms with van der Waals surface area (Å²) in [6.07, 6.45) is 4.80. The van der Waals surface area contributed by atoms with Crippen LogP contribution < -0.4 is 15.2 Å². The SMILES string of the molecule is CC(C)Oc1cc(-c2cc(F)cc(C(C)C)c2N)ccn1.CC(C)Oc1cc(-c2cc(F)cc(C(C)C)c2N=C=O)ccn1. The molecule has 44 heavy (non-hydrogen) atoms. The van der Waals surface area contributed by atoms with Crippen molar-refractivity contribution in [3.05, 3.63) is 83.7 Å². The molecule has 0 saturated carbocycles. The molecular weight excluding hydrogens is 562 g/mol. The quantitative estimate of drug-likeness (QED) is 0.116. The summed E-state index contributed by atoms with van der Waals surface area (Å²) in [6.45, 7) is 15.5. The maximum Gasteiger partial charge on any atom is 0.240 e. The molecule has 2 aromatic carbocycles. The zero-order chi connectivity index (χ0) is 32.6. The summed E-state index contributed by atoms with van der Waals surface area (Å²) in [5.74, 6) is 0.464. The maximum absolute atomic E-state index is 14.0. The predicted molar refractivity (Wildman–Crippen MR) is 171 cm³/mol. The molecule has 232 valence electrons. The first-order chi connectivity index (χ1) is 20.8. The Morgan fingerprint density at radius 2 is 1.16 bits per heavy atom. The van der Waals surface area contributed by atoms with Gasteiger partial charge in [0, 0.05) is 41.3 Å². The van der Waals surface area contributed by atoms with Crippen LogP contribution in [-0.4, -0.2) is 28.3 Å². The third kappa shape index (κ3) is 8.94. The maximum atomic E-state index is 14.0. The van der Waals surface area contributed by atoms with Crippen molar-refractivity contribution in [2.75, 3.05) is 5.73 Å². The second-order valence-electron chi connectivity index (χ2n) is 11.5. The van der Waals surface area contributed by atoms with Gasteiger partial charge in [-0.3, -0.25) is 0 Å². The van der Waals surface area contributed by atoms with Crippen molar-refractivity contribution >= 4 is 17.5 Å². The fourth-order valence-electron chi connectivity index (χ4n) is 4.57. The lowest BCUT2D eigenvalue weighted by Gasteiger charge is -2.15. The van der Waals surface area contributed by atoms with Crippen molar-refractivity contribution in [3.8, 4) is 34.0 Å². The Bertz CT molecular complexity index is 1630. The van der Waals surface area contributed by atoms with E-state index in [-0.39, 0.29) is 35.7 Å². The Morgan fingerprint density at radius 1 is 0.705 bits per heavy atom. The van der Waals surface area contributed by atoms with Gasteiger partial charge in [-0.1, -0.05) is 27.7 Å². The first-order valence-corrected chi connectivity index (χ1v) is 14.6. The number of carbonyl (C=O) groups excluding carboxylic acids is 1. The van der Waals surface area contributed by atoms with Gasteiger partial charge in [0.2, 0.25) is 17.8 Å². The number of nitrogen functional groups attached to an aromatic ring is 1. The normalized spacial score (nSPS) is 11.0. The minimum atomic E-state index is -0.378. The average molecular weight is 603 g/mol. The van der Waals surface area contributed by atoms with Crippen molar-refractivity contribution in [2.45, 2.75) is 79.4 Å². The summed E-state index contributed by atoms with van der Waals surface area (Å²) in [5, 5.41) is 0. The first kappa shape index (κ1) is 33.9.